The summed E-state index contributed by atoms with van der Waals surface area (Å²) >= 11 is 1.52. The zero-order chi connectivity index (χ0) is 20.5. The van der Waals surface area contributed by atoms with Gasteiger partial charge in [0.15, 0.2) is 5.58 Å². The summed E-state index contributed by atoms with van der Waals surface area (Å²) in [6.45, 7) is 2.24. The lowest BCUT2D eigenvalue weighted by molar-refractivity contribution is 0.280. The van der Waals surface area contributed by atoms with Gasteiger partial charge in [0.2, 0.25) is 0 Å². The van der Waals surface area contributed by atoms with E-state index in [1.807, 2.05) is 37.3 Å². The molecule has 1 N–H and O–H groups in total. The van der Waals surface area contributed by atoms with E-state index >= 15 is 0 Å². The van der Waals surface area contributed by atoms with Gasteiger partial charge in [0.1, 0.15) is 11.6 Å². The summed E-state index contributed by atoms with van der Waals surface area (Å²) in [7, 11) is 0. The Bertz CT molecular complexity index is 1390. The number of nitrogens with one attached hydrogen (secondary N) is 1. The number of ether oxygens (including phenoxy) is 1. The van der Waals surface area contributed by atoms with E-state index in [1.54, 1.807) is 24.5 Å². The molecule has 0 aliphatic heterocycles. The quantitative estimate of drug-likeness (QED) is 0.461. The van der Waals surface area contributed by atoms with Gasteiger partial charge in [-0.25, -0.2) is 24.7 Å². The molecular formula is C21H15N5O3S. The number of pyridine rings is 1. The number of rotatable bonds is 5. The molecule has 30 heavy (non-hydrogen) atoms. The van der Waals surface area contributed by atoms with Gasteiger partial charge in [0.05, 0.1) is 27.5 Å². The topological polar surface area (TPSA) is 107 Å². The number of hydrogen-bond donors (Lipinski definition) is 1. The standard InChI is InChI=1S/C21H15N5O3S/c1-12-19(30-18(24-12)11-28-20-22-8-3-9-23-20)15-5-2-4-14(25-15)13-6-7-17-16(10-13)26-21(27)29-17/h2-10H,11H2,1H3,(H,26,27). The van der Waals surface area contributed by atoms with Crippen LogP contribution in [0.15, 0.2) is 64.1 Å². The molecule has 148 valence electrons. The fourth-order valence-corrected chi connectivity index (χ4v) is 4.02. The van der Waals surface area contributed by atoms with Crippen molar-refractivity contribution in [2.24, 2.45) is 0 Å². The maximum atomic E-state index is 11.4. The zero-order valence-corrected chi connectivity index (χ0v) is 16.6. The van der Waals surface area contributed by atoms with E-state index in [-0.39, 0.29) is 0 Å². The summed E-state index contributed by atoms with van der Waals surface area (Å²) < 4.78 is 10.7. The van der Waals surface area contributed by atoms with Crippen LogP contribution >= 0.6 is 11.3 Å². The van der Waals surface area contributed by atoms with Gasteiger partial charge >= 0.3 is 11.8 Å². The highest BCUT2D eigenvalue weighted by atomic mass is 32.1. The van der Waals surface area contributed by atoms with E-state index < -0.39 is 5.76 Å². The maximum absolute atomic E-state index is 11.4. The summed E-state index contributed by atoms with van der Waals surface area (Å²) in [6, 6.07) is 13.4. The maximum Gasteiger partial charge on any atom is 0.417 e. The highest BCUT2D eigenvalue weighted by molar-refractivity contribution is 7.15. The molecule has 5 aromatic rings. The summed E-state index contributed by atoms with van der Waals surface area (Å²) in [5.41, 5.74) is 4.54. The highest BCUT2D eigenvalue weighted by Gasteiger charge is 2.13. The molecule has 0 atom stereocenters. The van der Waals surface area contributed by atoms with Crippen LogP contribution < -0.4 is 10.5 Å². The van der Waals surface area contributed by atoms with Crippen molar-refractivity contribution in [1.29, 1.82) is 0 Å². The largest absolute Gasteiger partial charge is 0.456 e. The van der Waals surface area contributed by atoms with E-state index in [1.165, 1.54) is 11.3 Å². The Morgan fingerprint density at radius 3 is 2.77 bits per heavy atom. The Kier molecular flexibility index (Phi) is 4.56. The summed E-state index contributed by atoms with van der Waals surface area (Å²) in [5.74, 6) is -0.472. The van der Waals surface area contributed by atoms with Crippen LogP contribution in [-0.4, -0.2) is 24.9 Å². The molecule has 1 aromatic carbocycles. The first-order chi connectivity index (χ1) is 14.7. The third kappa shape index (κ3) is 3.58. The van der Waals surface area contributed by atoms with Crippen LogP contribution in [0.3, 0.4) is 0 Å². The van der Waals surface area contributed by atoms with E-state index in [2.05, 4.69) is 19.9 Å². The highest BCUT2D eigenvalue weighted by Crippen LogP contribution is 2.31. The first kappa shape index (κ1) is 18.2. The molecule has 0 aliphatic rings. The van der Waals surface area contributed by atoms with Gasteiger partial charge in [-0.05, 0) is 43.3 Å². The van der Waals surface area contributed by atoms with Crippen molar-refractivity contribution >= 4 is 22.4 Å². The second-order valence-electron chi connectivity index (χ2n) is 6.48. The van der Waals surface area contributed by atoms with Gasteiger partial charge in [-0.1, -0.05) is 6.07 Å². The van der Waals surface area contributed by atoms with Crippen molar-refractivity contribution in [3.05, 3.63) is 76.1 Å². The predicted molar refractivity (Wildman–Crippen MR) is 112 cm³/mol. The lowest BCUT2D eigenvalue weighted by Crippen LogP contribution is -1.98. The molecule has 0 bridgehead atoms. The average molecular weight is 417 g/mol. The van der Waals surface area contributed by atoms with E-state index in [0.717, 1.165) is 32.5 Å². The van der Waals surface area contributed by atoms with Crippen LogP contribution in [0.1, 0.15) is 10.7 Å². The number of oxazole rings is 1. The van der Waals surface area contributed by atoms with Crippen molar-refractivity contribution in [1.82, 2.24) is 24.9 Å². The molecule has 0 radical (unpaired) electrons. The van der Waals surface area contributed by atoms with Crippen molar-refractivity contribution in [2.45, 2.75) is 13.5 Å². The minimum Gasteiger partial charge on any atom is -0.456 e. The zero-order valence-electron chi connectivity index (χ0n) is 15.8. The normalized spacial score (nSPS) is 11.1. The smallest absolute Gasteiger partial charge is 0.417 e. The second-order valence-corrected chi connectivity index (χ2v) is 7.56. The first-order valence-corrected chi connectivity index (χ1v) is 9.94. The molecule has 0 aliphatic carbocycles. The molecule has 8 nitrogen and oxygen atoms in total. The third-order valence-corrected chi connectivity index (χ3v) is 5.56. The molecule has 4 aromatic heterocycles. The van der Waals surface area contributed by atoms with Gasteiger partial charge in [0.25, 0.3) is 0 Å². The minimum atomic E-state index is -0.472. The molecule has 0 fully saturated rings. The minimum absolute atomic E-state index is 0.291. The fraction of sp³-hybridized carbons (Fsp3) is 0.0952. The lowest BCUT2D eigenvalue weighted by Gasteiger charge is -2.04. The fourth-order valence-electron chi connectivity index (χ4n) is 3.07. The average Bonchev–Trinajstić information content (AvgIpc) is 3.33. The molecule has 5 rings (SSSR count). The number of benzene rings is 1. The van der Waals surface area contributed by atoms with Crippen LogP contribution in [0.4, 0.5) is 0 Å². The molecule has 0 saturated heterocycles. The van der Waals surface area contributed by atoms with Crippen LogP contribution in [-0.2, 0) is 6.61 Å². The molecular weight excluding hydrogens is 402 g/mol. The number of fused-ring (bicyclic) bond motifs is 1. The predicted octanol–water partition coefficient (Wildman–Crippen LogP) is 3.98. The van der Waals surface area contributed by atoms with Crippen LogP contribution in [0.25, 0.3) is 32.9 Å². The Morgan fingerprint density at radius 1 is 1.07 bits per heavy atom. The molecule has 0 saturated carbocycles. The first-order valence-electron chi connectivity index (χ1n) is 9.12. The Hall–Kier alpha value is -3.85. The number of aromatic amines is 1. The van der Waals surface area contributed by atoms with Crippen molar-refractivity contribution in [3.63, 3.8) is 0 Å². The number of aryl methyl sites for hydroxylation is 1. The number of nitrogens with zero attached hydrogens (tertiary/aromatic N) is 4. The molecule has 9 heteroatoms. The van der Waals surface area contributed by atoms with E-state index in [9.17, 15) is 4.79 Å². The van der Waals surface area contributed by atoms with Crippen molar-refractivity contribution in [3.8, 4) is 27.8 Å². The molecule has 0 amide bonds. The Labute approximate surface area is 174 Å². The molecule has 0 spiro atoms. The monoisotopic (exact) mass is 417 g/mol. The van der Waals surface area contributed by atoms with Gasteiger partial charge in [-0.3, -0.25) is 4.98 Å². The van der Waals surface area contributed by atoms with Gasteiger partial charge in [-0.15, -0.1) is 11.3 Å². The summed E-state index contributed by atoms with van der Waals surface area (Å²) in [5, 5.41) is 0.819. The van der Waals surface area contributed by atoms with Crippen LogP contribution in [0.2, 0.25) is 0 Å². The Balaban J connectivity index is 1.43. The van der Waals surface area contributed by atoms with E-state index in [0.29, 0.717) is 23.7 Å². The van der Waals surface area contributed by atoms with E-state index in [4.69, 9.17) is 14.1 Å². The SMILES string of the molecule is Cc1nc(COc2ncccn2)sc1-c1cccc(-c2ccc3oc(=O)[nH]c3c2)n1. The molecule has 0 unspecified atom stereocenters. The number of aromatic nitrogens is 5. The Morgan fingerprint density at radius 2 is 1.90 bits per heavy atom. The number of H-pyrrole nitrogens is 1. The summed E-state index contributed by atoms with van der Waals surface area (Å²) in [6.07, 6.45) is 3.26. The second kappa shape index (κ2) is 7.53. The molecule has 4 heterocycles. The third-order valence-electron chi connectivity index (χ3n) is 4.40. The van der Waals surface area contributed by atoms with Gasteiger partial charge < -0.3 is 9.15 Å². The van der Waals surface area contributed by atoms with Crippen LogP contribution in [0, 0.1) is 6.92 Å². The van der Waals surface area contributed by atoms with Gasteiger partial charge in [-0.2, -0.15) is 0 Å². The number of thiazole rings is 1. The van der Waals surface area contributed by atoms with Crippen molar-refractivity contribution < 1.29 is 9.15 Å². The van der Waals surface area contributed by atoms with Crippen LogP contribution in [0.5, 0.6) is 6.01 Å². The summed E-state index contributed by atoms with van der Waals surface area (Å²) in [4.78, 5) is 32.5. The van der Waals surface area contributed by atoms with Crippen molar-refractivity contribution in [2.75, 3.05) is 0 Å². The van der Waals surface area contributed by atoms with Gasteiger partial charge in [0, 0.05) is 18.0 Å². The lowest BCUT2D eigenvalue weighted by atomic mass is 10.1. The number of hydrogen-bond acceptors (Lipinski definition) is 8.